The number of hydrogen-bond donors (Lipinski definition) is 1. The molecule has 0 fully saturated rings. The van der Waals surface area contributed by atoms with Gasteiger partial charge in [0.25, 0.3) is 0 Å². The highest BCUT2D eigenvalue weighted by atomic mass is 35.5. The van der Waals surface area contributed by atoms with Crippen LogP contribution >= 0.6 is 23.2 Å². The molecule has 0 amide bonds. The standard InChI is InChI=1S/C8H5Cl2NO4/c9-3-7(12)4-1-5(10)8(13)6(2-4)11(14)15/h1-2,13H,3H2. The van der Waals surface area contributed by atoms with Crippen LogP contribution in [0.5, 0.6) is 5.75 Å². The molecular formula is C8H5Cl2NO4. The molecule has 1 aromatic carbocycles. The van der Waals surface area contributed by atoms with E-state index in [1.54, 1.807) is 0 Å². The summed E-state index contributed by atoms with van der Waals surface area (Å²) in [5, 5.41) is 19.5. The van der Waals surface area contributed by atoms with Crippen LogP contribution in [-0.2, 0) is 0 Å². The molecule has 0 unspecified atom stereocenters. The van der Waals surface area contributed by atoms with Gasteiger partial charge in [0.05, 0.1) is 15.8 Å². The van der Waals surface area contributed by atoms with Crippen molar-refractivity contribution >= 4 is 34.7 Å². The van der Waals surface area contributed by atoms with Crippen molar-refractivity contribution in [3.8, 4) is 5.75 Å². The first-order chi connectivity index (χ1) is 6.97. The molecule has 0 aromatic heterocycles. The number of benzene rings is 1. The topological polar surface area (TPSA) is 80.4 Å². The van der Waals surface area contributed by atoms with Crippen LogP contribution in [0.3, 0.4) is 0 Å². The Bertz CT molecular complexity index is 433. The normalized spacial score (nSPS) is 10.0. The van der Waals surface area contributed by atoms with E-state index in [1.165, 1.54) is 0 Å². The van der Waals surface area contributed by atoms with Crippen molar-refractivity contribution in [3.63, 3.8) is 0 Å². The Balaban J connectivity index is 3.35. The van der Waals surface area contributed by atoms with Crippen molar-refractivity contribution < 1.29 is 14.8 Å². The first-order valence-electron chi connectivity index (χ1n) is 3.73. The quantitative estimate of drug-likeness (QED) is 0.386. The van der Waals surface area contributed by atoms with E-state index in [9.17, 15) is 20.0 Å². The van der Waals surface area contributed by atoms with Crippen LogP contribution in [0.15, 0.2) is 12.1 Å². The van der Waals surface area contributed by atoms with Gasteiger partial charge in [-0.05, 0) is 6.07 Å². The fourth-order valence-electron chi connectivity index (χ4n) is 0.962. The van der Waals surface area contributed by atoms with Crippen molar-refractivity contribution in [3.05, 3.63) is 32.8 Å². The van der Waals surface area contributed by atoms with E-state index in [0.717, 1.165) is 12.1 Å². The largest absolute Gasteiger partial charge is 0.501 e. The maximum Gasteiger partial charge on any atom is 0.313 e. The molecule has 1 aromatic rings. The highest BCUT2D eigenvalue weighted by molar-refractivity contribution is 6.34. The number of carbonyl (C=O) groups is 1. The SMILES string of the molecule is O=C(CCl)c1cc(Cl)c(O)c([N+](=O)[O-])c1. The van der Waals surface area contributed by atoms with Gasteiger partial charge < -0.3 is 5.11 Å². The van der Waals surface area contributed by atoms with E-state index in [4.69, 9.17) is 23.2 Å². The van der Waals surface area contributed by atoms with E-state index in [2.05, 4.69) is 0 Å². The van der Waals surface area contributed by atoms with Crippen LogP contribution in [0.25, 0.3) is 0 Å². The Morgan fingerprint density at radius 3 is 2.60 bits per heavy atom. The average Bonchev–Trinajstić information content (AvgIpc) is 2.20. The van der Waals surface area contributed by atoms with Gasteiger partial charge in [0, 0.05) is 11.6 Å². The van der Waals surface area contributed by atoms with Crippen molar-refractivity contribution in [2.45, 2.75) is 0 Å². The number of hydrogen-bond acceptors (Lipinski definition) is 4. The summed E-state index contributed by atoms with van der Waals surface area (Å²) in [4.78, 5) is 20.8. The summed E-state index contributed by atoms with van der Waals surface area (Å²) in [5.41, 5.74) is -0.615. The van der Waals surface area contributed by atoms with Gasteiger partial charge in [-0.15, -0.1) is 11.6 Å². The van der Waals surface area contributed by atoms with Gasteiger partial charge in [-0.1, -0.05) is 11.6 Å². The molecular weight excluding hydrogens is 245 g/mol. The van der Waals surface area contributed by atoms with Crippen LogP contribution in [0, 0.1) is 10.1 Å². The Morgan fingerprint density at radius 1 is 1.53 bits per heavy atom. The van der Waals surface area contributed by atoms with E-state index in [-0.39, 0.29) is 16.5 Å². The summed E-state index contributed by atoms with van der Waals surface area (Å²) in [6.45, 7) is 0. The third-order valence-electron chi connectivity index (χ3n) is 1.68. The van der Waals surface area contributed by atoms with Gasteiger partial charge in [0.2, 0.25) is 5.75 Å². The zero-order valence-electron chi connectivity index (χ0n) is 7.24. The van der Waals surface area contributed by atoms with E-state index >= 15 is 0 Å². The molecule has 0 saturated carbocycles. The minimum absolute atomic E-state index is 0.000463. The van der Waals surface area contributed by atoms with Gasteiger partial charge in [0.15, 0.2) is 5.78 Å². The van der Waals surface area contributed by atoms with Gasteiger partial charge in [-0.25, -0.2) is 0 Å². The number of carbonyl (C=O) groups excluding carboxylic acids is 1. The van der Waals surface area contributed by atoms with Gasteiger partial charge in [-0.2, -0.15) is 0 Å². The predicted octanol–water partition coefficient (Wildman–Crippen LogP) is 2.38. The van der Waals surface area contributed by atoms with Gasteiger partial charge >= 0.3 is 5.69 Å². The summed E-state index contributed by atoms with van der Waals surface area (Å²) in [6.07, 6.45) is 0. The molecule has 0 atom stereocenters. The molecule has 0 heterocycles. The van der Waals surface area contributed by atoms with Gasteiger partial charge in [0.1, 0.15) is 0 Å². The average molecular weight is 250 g/mol. The first kappa shape index (κ1) is 11.7. The number of phenolic OH excluding ortho intramolecular Hbond substituents is 1. The molecule has 1 N–H and O–H groups in total. The van der Waals surface area contributed by atoms with Crippen LogP contribution in [0.1, 0.15) is 10.4 Å². The smallest absolute Gasteiger partial charge is 0.313 e. The molecule has 7 heteroatoms. The molecule has 0 radical (unpaired) electrons. The minimum atomic E-state index is -0.827. The number of halogens is 2. The molecule has 0 spiro atoms. The Labute approximate surface area is 94.4 Å². The highest BCUT2D eigenvalue weighted by Gasteiger charge is 2.20. The van der Waals surface area contributed by atoms with Crippen molar-refractivity contribution in [1.82, 2.24) is 0 Å². The van der Waals surface area contributed by atoms with E-state index in [1.807, 2.05) is 0 Å². The van der Waals surface area contributed by atoms with Crippen molar-refractivity contribution in [2.75, 3.05) is 5.88 Å². The number of alkyl halides is 1. The molecule has 15 heavy (non-hydrogen) atoms. The number of nitro benzene ring substituents is 1. The third kappa shape index (κ3) is 2.37. The Kier molecular flexibility index (Phi) is 3.49. The maximum atomic E-state index is 11.2. The molecule has 80 valence electrons. The van der Waals surface area contributed by atoms with Crippen LogP contribution in [-0.4, -0.2) is 21.7 Å². The lowest BCUT2D eigenvalue weighted by Gasteiger charge is -2.01. The number of nitrogens with zero attached hydrogens (tertiary/aromatic N) is 1. The molecule has 0 saturated heterocycles. The summed E-state index contributed by atoms with van der Waals surface area (Å²) in [5.74, 6) is -1.47. The highest BCUT2D eigenvalue weighted by Crippen LogP contribution is 2.34. The number of phenols is 1. The Hall–Kier alpha value is -1.33. The Morgan fingerprint density at radius 2 is 2.13 bits per heavy atom. The lowest BCUT2D eigenvalue weighted by atomic mass is 10.1. The van der Waals surface area contributed by atoms with Crippen LogP contribution < -0.4 is 0 Å². The first-order valence-corrected chi connectivity index (χ1v) is 4.64. The zero-order chi connectivity index (χ0) is 11.6. The van der Waals surface area contributed by atoms with Crippen LogP contribution in [0.4, 0.5) is 5.69 Å². The van der Waals surface area contributed by atoms with Gasteiger partial charge in [-0.3, -0.25) is 14.9 Å². The maximum absolute atomic E-state index is 11.2. The summed E-state index contributed by atoms with van der Waals surface area (Å²) >= 11 is 10.8. The molecule has 0 aliphatic rings. The number of Topliss-reactive ketones (excluding diaryl/α,β-unsaturated/α-hetero) is 1. The van der Waals surface area contributed by atoms with E-state index < -0.39 is 22.1 Å². The lowest BCUT2D eigenvalue weighted by molar-refractivity contribution is -0.385. The number of ketones is 1. The molecule has 5 nitrogen and oxygen atoms in total. The zero-order valence-corrected chi connectivity index (χ0v) is 8.75. The monoisotopic (exact) mass is 249 g/mol. The summed E-state index contributed by atoms with van der Waals surface area (Å²) in [6, 6.07) is 2.07. The number of rotatable bonds is 3. The fourth-order valence-corrected chi connectivity index (χ4v) is 1.33. The van der Waals surface area contributed by atoms with Crippen molar-refractivity contribution in [2.24, 2.45) is 0 Å². The number of aromatic hydroxyl groups is 1. The summed E-state index contributed by atoms with van der Waals surface area (Å²) < 4.78 is 0. The third-order valence-corrected chi connectivity index (χ3v) is 2.21. The number of nitro groups is 1. The second-order valence-electron chi connectivity index (χ2n) is 2.64. The molecule has 0 bridgehead atoms. The van der Waals surface area contributed by atoms with E-state index in [0.29, 0.717) is 0 Å². The predicted molar refractivity (Wildman–Crippen MR) is 54.8 cm³/mol. The molecule has 1 rings (SSSR count). The fraction of sp³-hybridized carbons (Fsp3) is 0.125. The van der Waals surface area contributed by atoms with Crippen molar-refractivity contribution in [1.29, 1.82) is 0 Å². The molecule has 0 aliphatic heterocycles. The second-order valence-corrected chi connectivity index (χ2v) is 3.31. The summed E-state index contributed by atoms with van der Waals surface area (Å²) in [7, 11) is 0. The lowest BCUT2D eigenvalue weighted by Crippen LogP contribution is -2.01. The minimum Gasteiger partial charge on any atom is -0.501 e. The molecule has 0 aliphatic carbocycles. The second kappa shape index (κ2) is 4.46. The van der Waals surface area contributed by atoms with Crippen LogP contribution in [0.2, 0.25) is 5.02 Å².